The minimum atomic E-state index is -0.562. The third-order valence-corrected chi connectivity index (χ3v) is 4.76. The summed E-state index contributed by atoms with van der Waals surface area (Å²) in [5, 5.41) is 6.98. The van der Waals surface area contributed by atoms with Crippen LogP contribution >= 0.6 is 0 Å². The van der Waals surface area contributed by atoms with Gasteiger partial charge in [0.25, 0.3) is 5.91 Å². The fourth-order valence-electron chi connectivity index (χ4n) is 3.42. The molecule has 3 aromatic rings. The molecule has 2 heterocycles. The molecule has 130 valence electrons. The number of hydrogen-bond acceptors (Lipinski definition) is 4. The summed E-state index contributed by atoms with van der Waals surface area (Å²) in [6.45, 7) is 2.39. The van der Waals surface area contributed by atoms with E-state index in [0.29, 0.717) is 29.0 Å². The van der Waals surface area contributed by atoms with Gasteiger partial charge in [0.1, 0.15) is 5.82 Å². The Hall–Kier alpha value is -3.41. The zero-order chi connectivity index (χ0) is 18.3. The van der Waals surface area contributed by atoms with Crippen LogP contribution in [0.1, 0.15) is 33.2 Å². The van der Waals surface area contributed by atoms with Crippen LogP contribution in [0.5, 0.6) is 0 Å². The number of fused-ring (bicyclic) bond motifs is 2. The van der Waals surface area contributed by atoms with E-state index in [1.807, 2.05) is 55.5 Å². The fraction of sp³-hybridized carbons (Fsp3) is 0.150. The van der Waals surface area contributed by atoms with Crippen molar-refractivity contribution in [2.45, 2.75) is 12.5 Å². The summed E-state index contributed by atoms with van der Waals surface area (Å²) in [6, 6.07) is 16.5. The van der Waals surface area contributed by atoms with Gasteiger partial charge in [-0.05, 0) is 30.7 Å². The Bertz CT molecular complexity index is 1050. The minimum Gasteiger partial charge on any atom is -0.367 e. The van der Waals surface area contributed by atoms with Gasteiger partial charge in [0.05, 0.1) is 16.6 Å². The number of anilines is 1. The lowest BCUT2D eigenvalue weighted by molar-refractivity contribution is 0.0937. The standard InChI is InChI=1S/C20H18N4O2/c1-20(15-8-4-2-7-13(15)19(26)24-20)11-22-17-10-14(18(21)25)12-6-3-5-9-16(12)23-17/h2-10H,11H2,1H3,(H2,21,25)(H,22,23)(H,24,26). The molecule has 0 aliphatic carbocycles. The highest BCUT2D eigenvalue weighted by atomic mass is 16.2. The van der Waals surface area contributed by atoms with Crippen molar-refractivity contribution in [3.05, 3.63) is 71.3 Å². The Labute approximate surface area is 150 Å². The van der Waals surface area contributed by atoms with Gasteiger partial charge in [-0.3, -0.25) is 9.59 Å². The number of hydrogen-bond donors (Lipinski definition) is 3. The molecule has 6 nitrogen and oxygen atoms in total. The number of nitrogens with zero attached hydrogens (tertiary/aromatic N) is 1. The van der Waals surface area contributed by atoms with Gasteiger partial charge < -0.3 is 16.4 Å². The van der Waals surface area contributed by atoms with Crippen molar-refractivity contribution >= 4 is 28.5 Å². The Morgan fingerprint density at radius 2 is 1.92 bits per heavy atom. The summed E-state index contributed by atoms with van der Waals surface area (Å²) in [6.07, 6.45) is 0. The van der Waals surface area contributed by atoms with Gasteiger partial charge in [0.15, 0.2) is 0 Å². The molecule has 0 saturated carbocycles. The quantitative estimate of drug-likeness (QED) is 0.676. The predicted octanol–water partition coefficient (Wildman–Crippen LogP) is 2.40. The molecule has 4 N–H and O–H groups in total. The lowest BCUT2D eigenvalue weighted by Crippen LogP contribution is -2.42. The third kappa shape index (κ3) is 2.56. The van der Waals surface area contributed by atoms with Crippen LogP contribution in [-0.4, -0.2) is 23.3 Å². The molecule has 1 atom stereocenters. The molecule has 1 unspecified atom stereocenters. The van der Waals surface area contributed by atoms with Gasteiger partial charge >= 0.3 is 0 Å². The highest BCUT2D eigenvalue weighted by Gasteiger charge is 2.38. The van der Waals surface area contributed by atoms with E-state index < -0.39 is 11.4 Å². The van der Waals surface area contributed by atoms with Crippen molar-refractivity contribution in [1.82, 2.24) is 10.3 Å². The molecular weight excluding hydrogens is 328 g/mol. The number of nitrogens with two attached hydrogens (primary N) is 1. The molecule has 1 aliphatic rings. The second kappa shape index (κ2) is 5.84. The molecule has 0 saturated heterocycles. The van der Waals surface area contributed by atoms with Crippen molar-refractivity contribution in [1.29, 1.82) is 0 Å². The molecule has 6 heteroatoms. The van der Waals surface area contributed by atoms with Gasteiger partial charge in [0.2, 0.25) is 5.91 Å². The maximum absolute atomic E-state index is 12.2. The maximum Gasteiger partial charge on any atom is 0.252 e. The number of carbonyl (C=O) groups is 2. The summed E-state index contributed by atoms with van der Waals surface area (Å²) in [4.78, 5) is 28.6. The van der Waals surface area contributed by atoms with E-state index >= 15 is 0 Å². The normalized spacial score (nSPS) is 18.4. The first-order valence-electron chi connectivity index (χ1n) is 8.33. The van der Waals surface area contributed by atoms with E-state index in [2.05, 4.69) is 15.6 Å². The number of benzene rings is 2. The Kier molecular flexibility index (Phi) is 3.61. The van der Waals surface area contributed by atoms with Crippen LogP contribution in [0, 0.1) is 0 Å². The van der Waals surface area contributed by atoms with E-state index in [1.54, 1.807) is 6.07 Å². The SMILES string of the molecule is CC1(CNc2cc(C(N)=O)c3ccccc3n2)NC(=O)c2ccccc21. The van der Waals surface area contributed by atoms with Gasteiger partial charge in [0, 0.05) is 17.5 Å². The van der Waals surface area contributed by atoms with Crippen molar-refractivity contribution in [2.75, 3.05) is 11.9 Å². The first-order chi connectivity index (χ1) is 12.5. The second-order valence-corrected chi connectivity index (χ2v) is 6.62. The number of amides is 2. The van der Waals surface area contributed by atoms with Crippen LogP contribution in [0.2, 0.25) is 0 Å². The third-order valence-electron chi connectivity index (χ3n) is 4.76. The van der Waals surface area contributed by atoms with Crippen LogP contribution in [0.25, 0.3) is 10.9 Å². The van der Waals surface area contributed by atoms with Crippen LogP contribution < -0.4 is 16.4 Å². The Balaban J connectivity index is 1.67. The van der Waals surface area contributed by atoms with Crippen LogP contribution in [-0.2, 0) is 5.54 Å². The maximum atomic E-state index is 12.2. The molecule has 0 spiro atoms. The molecule has 2 amide bonds. The summed E-state index contributed by atoms with van der Waals surface area (Å²) < 4.78 is 0. The van der Waals surface area contributed by atoms with E-state index in [0.717, 1.165) is 10.9 Å². The van der Waals surface area contributed by atoms with Gasteiger partial charge in [-0.1, -0.05) is 36.4 Å². The fourth-order valence-corrected chi connectivity index (χ4v) is 3.42. The molecule has 4 rings (SSSR count). The average Bonchev–Trinajstić information content (AvgIpc) is 2.91. The topological polar surface area (TPSA) is 97.1 Å². The first-order valence-corrected chi connectivity index (χ1v) is 8.33. The second-order valence-electron chi connectivity index (χ2n) is 6.62. The van der Waals surface area contributed by atoms with Crippen LogP contribution in [0.15, 0.2) is 54.6 Å². The zero-order valence-corrected chi connectivity index (χ0v) is 14.2. The van der Waals surface area contributed by atoms with Gasteiger partial charge in [-0.15, -0.1) is 0 Å². The predicted molar refractivity (Wildman–Crippen MR) is 100 cm³/mol. The summed E-state index contributed by atoms with van der Waals surface area (Å²) in [5.41, 5.74) is 7.68. The smallest absolute Gasteiger partial charge is 0.252 e. The lowest BCUT2D eigenvalue weighted by atomic mass is 9.92. The minimum absolute atomic E-state index is 0.0887. The van der Waals surface area contributed by atoms with E-state index in [1.165, 1.54) is 0 Å². The zero-order valence-electron chi connectivity index (χ0n) is 14.2. The van der Waals surface area contributed by atoms with E-state index in [4.69, 9.17) is 5.73 Å². The summed E-state index contributed by atoms with van der Waals surface area (Å²) >= 11 is 0. The number of carbonyl (C=O) groups excluding carboxylic acids is 2. The van der Waals surface area contributed by atoms with Crippen molar-refractivity contribution in [2.24, 2.45) is 5.73 Å². The Morgan fingerprint density at radius 1 is 1.19 bits per heavy atom. The molecule has 0 radical (unpaired) electrons. The van der Waals surface area contributed by atoms with Crippen molar-refractivity contribution in [3.8, 4) is 0 Å². The molecule has 0 bridgehead atoms. The van der Waals surface area contributed by atoms with Crippen molar-refractivity contribution < 1.29 is 9.59 Å². The van der Waals surface area contributed by atoms with E-state index in [9.17, 15) is 9.59 Å². The number of nitrogens with one attached hydrogen (secondary N) is 2. The average molecular weight is 346 g/mol. The largest absolute Gasteiger partial charge is 0.367 e. The van der Waals surface area contributed by atoms with Crippen LogP contribution in [0.3, 0.4) is 0 Å². The number of rotatable bonds is 4. The number of aromatic nitrogens is 1. The highest BCUT2D eigenvalue weighted by molar-refractivity contribution is 6.06. The van der Waals surface area contributed by atoms with Gasteiger partial charge in [-0.2, -0.15) is 0 Å². The molecule has 1 aliphatic heterocycles. The van der Waals surface area contributed by atoms with Gasteiger partial charge in [-0.25, -0.2) is 4.98 Å². The number of para-hydroxylation sites is 1. The number of pyridine rings is 1. The number of primary amides is 1. The van der Waals surface area contributed by atoms with Crippen LogP contribution in [0.4, 0.5) is 5.82 Å². The highest BCUT2D eigenvalue weighted by Crippen LogP contribution is 2.31. The monoisotopic (exact) mass is 346 g/mol. The first kappa shape index (κ1) is 16.1. The molecule has 26 heavy (non-hydrogen) atoms. The summed E-state index contributed by atoms with van der Waals surface area (Å²) in [5.74, 6) is -0.0519. The van der Waals surface area contributed by atoms with E-state index in [-0.39, 0.29) is 5.91 Å². The molecular formula is C20H18N4O2. The molecule has 1 aromatic heterocycles. The molecule has 2 aromatic carbocycles. The summed E-state index contributed by atoms with van der Waals surface area (Å²) in [7, 11) is 0. The molecule has 0 fully saturated rings. The lowest BCUT2D eigenvalue weighted by Gasteiger charge is -2.26. The van der Waals surface area contributed by atoms with Crippen molar-refractivity contribution in [3.63, 3.8) is 0 Å². The Morgan fingerprint density at radius 3 is 2.73 bits per heavy atom.